The predicted molar refractivity (Wildman–Crippen MR) is 59.6 cm³/mol. The zero-order valence-corrected chi connectivity index (χ0v) is 8.95. The van der Waals surface area contributed by atoms with Gasteiger partial charge < -0.3 is 10.4 Å². The van der Waals surface area contributed by atoms with Crippen LogP contribution in [-0.2, 0) is 6.42 Å². The van der Waals surface area contributed by atoms with Crippen LogP contribution in [0.5, 0.6) is 0 Å². The van der Waals surface area contributed by atoms with E-state index in [1.54, 1.807) is 0 Å². The summed E-state index contributed by atoms with van der Waals surface area (Å²) in [6.45, 7) is 1.20. The summed E-state index contributed by atoms with van der Waals surface area (Å²) in [4.78, 5) is 3.99. The quantitative estimate of drug-likeness (QED) is 0.759. The van der Waals surface area contributed by atoms with E-state index >= 15 is 0 Å². The van der Waals surface area contributed by atoms with Crippen LogP contribution in [0.3, 0.4) is 0 Å². The molecule has 0 aromatic carbocycles. The highest BCUT2D eigenvalue weighted by atomic mass is 16.3. The van der Waals surface area contributed by atoms with E-state index in [1.165, 1.54) is 12.0 Å². The van der Waals surface area contributed by atoms with Crippen LogP contribution < -0.4 is 5.32 Å². The summed E-state index contributed by atoms with van der Waals surface area (Å²) >= 11 is 0. The number of aliphatic hydroxyl groups excluding tert-OH is 1. The minimum Gasteiger partial charge on any atom is -0.394 e. The molecule has 1 saturated carbocycles. The van der Waals surface area contributed by atoms with Gasteiger partial charge in [0.25, 0.3) is 0 Å². The van der Waals surface area contributed by atoms with E-state index in [1.807, 2.05) is 24.5 Å². The zero-order chi connectivity index (χ0) is 10.6. The molecule has 0 radical (unpaired) electrons. The number of aliphatic hydroxyl groups is 1. The maximum absolute atomic E-state index is 9.26. The lowest BCUT2D eigenvalue weighted by Crippen LogP contribution is -2.54. The van der Waals surface area contributed by atoms with Crippen molar-refractivity contribution >= 4 is 0 Å². The summed E-state index contributed by atoms with van der Waals surface area (Å²) in [5.41, 5.74) is 1.33. The van der Waals surface area contributed by atoms with Gasteiger partial charge in [0.1, 0.15) is 0 Å². The Hall–Kier alpha value is -0.930. The first-order chi connectivity index (χ1) is 7.35. The van der Waals surface area contributed by atoms with Crippen LogP contribution in [0.1, 0.15) is 24.8 Å². The minimum atomic E-state index is 0.0348. The van der Waals surface area contributed by atoms with Crippen molar-refractivity contribution in [3.63, 3.8) is 0 Å². The van der Waals surface area contributed by atoms with Crippen molar-refractivity contribution in [2.75, 3.05) is 13.2 Å². The van der Waals surface area contributed by atoms with Crippen molar-refractivity contribution in [3.8, 4) is 0 Å². The highest BCUT2D eigenvalue weighted by Crippen LogP contribution is 2.30. The molecule has 1 aromatic heterocycles. The van der Waals surface area contributed by atoms with E-state index in [2.05, 4.69) is 10.3 Å². The molecule has 2 rings (SSSR count). The number of nitrogens with zero attached hydrogens (tertiary/aromatic N) is 1. The standard InChI is InChI=1S/C12H18N2O/c15-10-12(5-1-6-12)14-9-4-11-2-7-13-8-3-11/h2-3,7-8,14-15H,1,4-6,9-10H2. The minimum absolute atomic E-state index is 0.0348. The lowest BCUT2D eigenvalue weighted by atomic mass is 9.77. The molecule has 0 saturated heterocycles. The second kappa shape index (κ2) is 4.73. The molecule has 0 atom stereocenters. The molecular formula is C12H18N2O. The first-order valence-electron chi connectivity index (χ1n) is 5.59. The third-order valence-electron chi connectivity index (χ3n) is 3.28. The van der Waals surface area contributed by atoms with Gasteiger partial charge in [-0.2, -0.15) is 0 Å². The maximum Gasteiger partial charge on any atom is 0.0613 e. The average Bonchev–Trinajstić information content (AvgIpc) is 2.24. The van der Waals surface area contributed by atoms with E-state index in [-0.39, 0.29) is 12.1 Å². The van der Waals surface area contributed by atoms with Gasteiger partial charge in [0.2, 0.25) is 0 Å². The molecule has 1 aliphatic rings. The monoisotopic (exact) mass is 206 g/mol. The van der Waals surface area contributed by atoms with Crippen molar-refractivity contribution < 1.29 is 5.11 Å². The van der Waals surface area contributed by atoms with Gasteiger partial charge >= 0.3 is 0 Å². The fourth-order valence-corrected chi connectivity index (χ4v) is 2.02. The Morgan fingerprint density at radius 1 is 1.33 bits per heavy atom. The second-order valence-electron chi connectivity index (χ2n) is 4.32. The van der Waals surface area contributed by atoms with E-state index in [9.17, 15) is 5.11 Å². The third-order valence-corrected chi connectivity index (χ3v) is 3.28. The summed E-state index contributed by atoms with van der Waals surface area (Å²) in [5.74, 6) is 0. The van der Waals surface area contributed by atoms with Gasteiger partial charge in [-0.05, 0) is 49.9 Å². The number of pyridine rings is 1. The third kappa shape index (κ3) is 2.55. The van der Waals surface area contributed by atoms with Crippen LogP contribution in [-0.4, -0.2) is 28.8 Å². The molecule has 82 valence electrons. The molecule has 0 spiro atoms. The molecule has 1 aliphatic carbocycles. The molecular weight excluding hydrogens is 188 g/mol. The number of nitrogens with one attached hydrogen (secondary N) is 1. The van der Waals surface area contributed by atoms with Crippen molar-refractivity contribution in [1.29, 1.82) is 0 Å². The van der Waals surface area contributed by atoms with E-state index in [0.29, 0.717) is 0 Å². The highest BCUT2D eigenvalue weighted by Gasteiger charge is 2.35. The molecule has 0 unspecified atom stereocenters. The SMILES string of the molecule is OCC1(NCCc2ccncc2)CCC1. The first-order valence-corrected chi connectivity index (χ1v) is 5.59. The normalized spacial score (nSPS) is 18.5. The van der Waals surface area contributed by atoms with Gasteiger partial charge in [0.05, 0.1) is 6.61 Å². The molecule has 2 N–H and O–H groups in total. The zero-order valence-electron chi connectivity index (χ0n) is 8.95. The largest absolute Gasteiger partial charge is 0.394 e. The molecule has 3 nitrogen and oxygen atoms in total. The van der Waals surface area contributed by atoms with Crippen LogP contribution >= 0.6 is 0 Å². The van der Waals surface area contributed by atoms with Crippen molar-refractivity contribution in [3.05, 3.63) is 30.1 Å². The Bertz CT molecular complexity index is 290. The lowest BCUT2D eigenvalue weighted by molar-refractivity contribution is 0.0895. The first kappa shape index (κ1) is 10.6. The Kier molecular flexibility index (Phi) is 3.34. The molecule has 0 aliphatic heterocycles. The van der Waals surface area contributed by atoms with Crippen LogP contribution in [0.25, 0.3) is 0 Å². The van der Waals surface area contributed by atoms with Gasteiger partial charge in [-0.15, -0.1) is 0 Å². The van der Waals surface area contributed by atoms with Gasteiger partial charge in [-0.1, -0.05) is 0 Å². The second-order valence-corrected chi connectivity index (χ2v) is 4.32. The molecule has 0 bridgehead atoms. The lowest BCUT2D eigenvalue weighted by Gasteiger charge is -2.41. The fourth-order valence-electron chi connectivity index (χ4n) is 2.02. The van der Waals surface area contributed by atoms with Crippen molar-refractivity contribution in [2.45, 2.75) is 31.2 Å². The predicted octanol–water partition coefficient (Wildman–Crippen LogP) is 1.13. The summed E-state index contributed by atoms with van der Waals surface area (Å²) in [5, 5.41) is 12.7. The molecule has 3 heteroatoms. The number of rotatable bonds is 5. The molecule has 1 aromatic rings. The van der Waals surface area contributed by atoms with E-state index in [0.717, 1.165) is 25.8 Å². The Labute approximate surface area is 90.5 Å². The Balaban J connectivity index is 1.75. The topological polar surface area (TPSA) is 45.1 Å². The Morgan fingerprint density at radius 2 is 2.07 bits per heavy atom. The van der Waals surface area contributed by atoms with Gasteiger partial charge in [-0.25, -0.2) is 0 Å². The smallest absolute Gasteiger partial charge is 0.0613 e. The molecule has 0 amide bonds. The van der Waals surface area contributed by atoms with E-state index in [4.69, 9.17) is 0 Å². The summed E-state index contributed by atoms with van der Waals surface area (Å²) in [6.07, 6.45) is 8.10. The summed E-state index contributed by atoms with van der Waals surface area (Å²) in [6, 6.07) is 4.07. The highest BCUT2D eigenvalue weighted by molar-refractivity contribution is 5.10. The van der Waals surface area contributed by atoms with Crippen molar-refractivity contribution in [2.24, 2.45) is 0 Å². The van der Waals surface area contributed by atoms with Crippen LogP contribution in [0.4, 0.5) is 0 Å². The fraction of sp³-hybridized carbons (Fsp3) is 0.583. The van der Waals surface area contributed by atoms with Crippen molar-refractivity contribution in [1.82, 2.24) is 10.3 Å². The summed E-state index contributed by atoms with van der Waals surface area (Å²) < 4.78 is 0. The van der Waals surface area contributed by atoms with Gasteiger partial charge in [0, 0.05) is 17.9 Å². The number of hydrogen-bond acceptors (Lipinski definition) is 3. The van der Waals surface area contributed by atoms with Crippen LogP contribution in [0.15, 0.2) is 24.5 Å². The number of hydrogen-bond donors (Lipinski definition) is 2. The van der Waals surface area contributed by atoms with Gasteiger partial charge in [-0.3, -0.25) is 4.98 Å². The molecule has 1 fully saturated rings. The molecule has 1 heterocycles. The molecule has 15 heavy (non-hydrogen) atoms. The maximum atomic E-state index is 9.26. The van der Waals surface area contributed by atoms with Gasteiger partial charge in [0.15, 0.2) is 0 Å². The average molecular weight is 206 g/mol. The van der Waals surface area contributed by atoms with E-state index < -0.39 is 0 Å². The Morgan fingerprint density at radius 3 is 2.60 bits per heavy atom. The van der Waals surface area contributed by atoms with Crippen LogP contribution in [0, 0.1) is 0 Å². The number of aromatic nitrogens is 1. The van der Waals surface area contributed by atoms with Crippen LogP contribution in [0.2, 0.25) is 0 Å². The summed E-state index contributed by atoms with van der Waals surface area (Å²) in [7, 11) is 0.